The fraction of sp³-hybridized carbons (Fsp3) is 0.400. The summed E-state index contributed by atoms with van der Waals surface area (Å²) in [7, 11) is -0.957. The molecule has 17 heavy (non-hydrogen) atoms. The number of hydrogen-bond acceptors (Lipinski definition) is 5. The number of hydrogen-bond donors (Lipinski definition) is 3. The maximum Gasteiger partial charge on any atom is 0.269 e. The third kappa shape index (κ3) is 4.12. The van der Waals surface area contributed by atoms with Crippen LogP contribution < -0.4 is 16.6 Å². The van der Waals surface area contributed by atoms with Gasteiger partial charge in [0.15, 0.2) is 0 Å². The van der Waals surface area contributed by atoms with Gasteiger partial charge in [0.1, 0.15) is 5.69 Å². The van der Waals surface area contributed by atoms with E-state index in [1.807, 2.05) is 6.92 Å². The van der Waals surface area contributed by atoms with E-state index in [-0.39, 0.29) is 16.9 Å². The summed E-state index contributed by atoms with van der Waals surface area (Å²) < 4.78 is 11.1. The highest BCUT2D eigenvalue weighted by molar-refractivity contribution is 7.84. The number of anilines is 1. The number of nitrogen functional groups attached to an aromatic ring is 1. The van der Waals surface area contributed by atoms with Crippen LogP contribution in [-0.4, -0.2) is 33.2 Å². The lowest BCUT2D eigenvalue weighted by Crippen LogP contribution is -2.33. The topological polar surface area (TPSA) is 97.1 Å². The average molecular weight is 256 g/mol. The first-order valence-electron chi connectivity index (χ1n) is 5.07. The molecule has 7 heteroatoms. The highest BCUT2D eigenvalue weighted by atomic mass is 32.2. The van der Waals surface area contributed by atoms with E-state index in [4.69, 9.17) is 5.84 Å². The minimum Gasteiger partial charge on any atom is -0.350 e. The fourth-order valence-electron chi connectivity index (χ4n) is 1.09. The molecule has 0 aliphatic carbocycles. The van der Waals surface area contributed by atoms with Crippen LogP contribution in [0.25, 0.3) is 0 Å². The molecule has 0 aliphatic heterocycles. The largest absolute Gasteiger partial charge is 0.350 e. The van der Waals surface area contributed by atoms with Crippen LogP contribution in [0.4, 0.5) is 5.69 Å². The van der Waals surface area contributed by atoms with Crippen molar-refractivity contribution in [2.75, 3.05) is 18.2 Å². The van der Waals surface area contributed by atoms with Crippen LogP contribution in [0.3, 0.4) is 0 Å². The van der Waals surface area contributed by atoms with Gasteiger partial charge >= 0.3 is 0 Å². The van der Waals surface area contributed by atoms with Gasteiger partial charge in [0.05, 0.1) is 5.69 Å². The van der Waals surface area contributed by atoms with Crippen molar-refractivity contribution in [3.05, 3.63) is 24.0 Å². The number of amides is 1. The molecular formula is C10H16N4O2S. The zero-order valence-corrected chi connectivity index (χ0v) is 10.6. The first kappa shape index (κ1) is 13.6. The quantitative estimate of drug-likeness (QED) is 0.503. The van der Waals surface area contributed by atoms with Crippen molar-refractivity contribution in [3.63, 3.8) is 0 Å². The van der Waals surface area contributed by atoms with Crippen LogP contribution in [0.5, 0.6) is 0 Å². The van der Waals surface area contributed by atoms with Crippen molar-refractivity contribution < 1.29 is 9.00 Å². The number of carbonyl (C=O) groups excluding carboxylic acids is 1. The third-order valence-corrected chi connectivity index (χ3v) is 3.58. The van der Waals surface area contributed by atoms with Crippen LogP contribution in [-0.2, 0) is 10.8 Å². The second-order valence-corrected chi connectivity index (χ2v) is 5.40. The SMILES string of the molecule is CC(CNC(=O)c1cc(NN)ccn1)S(C)=O. The summed E-state index contributed by atoms with van der Waals surface area (Å²) >= 11 is 0. The number of aromatic nitrogens is 1. The van der Waals surface area contributed by atoms with Crippen molar-refractivity contribution >= 4 is 22.4 Å². The Bertz CT molecular complexity index is 425. The zero-order valence-electron chi connectivity index (χ0n) is 9.77. The standard InChI is InChI=1S/C10H16N4O2S/c1-7(17(2)16)6-13-10(15)9-5-8(14-11)3-4-12-9/h3-5,7H,6,11H2,1-2H3,(H,12,14)(H,13,15). The maximum absolute atomic E-state index is 11.7. The molecule has 94 valence electrons. The average Bonchev–Trinajstić information content (AvgIpc) is 2.35. The predicted octanol–water partition coefficient (Wildman–Crippen LogP) is -0.136. The van der Waals surface area contributed by atoms with Gasteiger partial charge in [-0.05, 0) is 19.1 Å². The number of rotatable bonds is 5. The van der Waals surface area contributed by atoms with Crippen molar-refractivity contribution in [2.45, 2.75) is 12.2 Å². The second kappa shape index (κ2) is 6.31. The van der Waals surface area contributed by atoms with E-state index in [0.717, 1.165) is 0 Å². The van der Waals surface area contributed by atoms with Crippen molar-refractivity contribution in [1.82, 2.24) is 10.3 Å². The summed E-state index contributed by atoms with van der Waals surface area (Å²) in [4.78, 5) is 15.6. The van der Waals surface area contributed by atoms with Gasteiger partial charge in [-0.1, -0.05) is 0 Å². The molecule has 2 unspecified atom stereocenters. The van der Waals surface area contributed by atoms with Crippen LogP contribution in [0.2, 0.25) is 0 Å². The monoisotopic (exact) mass is 256 g/mol. The molecule has 0 saturated heterocycles. The van der Waals surface area contributed by atoms with E-state index in [1.165, 1.54) is 6.20 Å². The summed E-state index contributed by atoms with van der Waals surface area (Å²) in [5.41, 5.74) is 3.32. The van der Waals surface area contributed by atoms with Crippen LogP contribution in [0.1, 0.15) is 17.4 Å². The molecule has 0 aromatic carbocycles. The Kier molecular flexibility index (Phi) is 5.05. The first-order chi connectivity index (χ1) is 8.04. The highest BCUT2D eigenvalue weighted by Crippen LogP contribution is 2.05. The summed E-state index contributed by atoms with van der Waals surface area (Å²) in [5.74, 6) is 4.92. The number of nitrogens with zero attached hydrogens (tertiary/aromatic N) is 1. The Hall–Kier alpha value is -1.47. The van der Waals surface area contributed by atoms with Crippen LogP contribution >= 0.6 is 0 Å². The minimum absolute atomic E-state index is 0.0882. The Labute approximate surface area is 102 Å². The molecule has 1 rings (SSSR count). The number of nitrogens with two attached hydrogens (primary N) is 1. The lowest BCUT2D eigenvalue weighted by Gasteiger charge is -2.09. The molecule has 0 saturated carbocycles. The third-order valence-electron chi connectivity index (χ3n) is 2.28. The fourth-order valence-corrected chi connectivity index (χ4v) is 1.41. The maximum atomic E-state index is 11.7. The molecule has 2 atom stereocenters. The van der Waals surface area contributed by atoms with Gasteiger partial charge < -0.3 is 10.7 Å². The minimum atomic E-state index is -0.957. The van der Waals surface area contributed by atoms with E-state index in [0.29, 0.717) is 12.2 Å². The first-order valence-corrected chi connectivity index (χ1v) is 6.69. The van der Waals surface area contributed by atoms with Crippen molar-refractivity contribution in [2.24, 2.45) is 5.84 Å². The highest BCUT2D eigenvalue weighted by Gasteiger charge is 2.11. The summed E-state index contributed by atoms with van der Waals surface area (Å²) in [6.07, 6.45) is 3.10. The molecule has 0 aliphatic rings. The number of carbonyl (C=O) groups is 1. The molecule has 1 aromatic rings. The lowest BCUT2D eigenvalue weighted by atomic mass is 10.3. The Morgan fingerprint density at radius 3 is 2.94 bits per heavy atom. The molecule has 6 nitrogen and oxygen atoms in total. The van der Waals surface area contributed by atoms with Gasteiger partial charge in [0.25, 0.3) is 5.91 Å². The van der Waals surface area contributed by atoms with E-state index in [1.54, 1.807) is 18.4 Å². The van der Waals surface area contributed by atoms with Gasteiger partial charge in [-0.3, -0.25) is 19.8 Å². The van der Waals surface area contributed by atoms with Crippen LogP contribution in [0.15, 0.2) is 18.3 Å². The summed E-state index contributed by atoms with van der Waals surface area (Å²) in [5, 5.41) is 2.58. The van der Waals surface area contributed by atoms with E-state index in [2.05, 4.69) is 15.7 Å². The van der Waals surface area contributed by atoms with Gasteiger partial charge in [0, 0.05) is 35.0 Å². The number of nitrogens with one attached hydrogen (secondary N) is 2. The smallest absolute Gasteiger partial charge is 0.269 e. The van der Waals surface area contributed by atoms with Gasteiger partial charge in [-0.2, -0.15) is 0 Å². The van der Waals surface area contributed by atoms with E-state index >= 15 is 0 Å². The lowest BCUT2D eigenvalue weighted by molar-refractivity contribution is 0.0949. The predicted molar refractivity (Wildman–Crippen MR) is 67.9 cm³/mol. The molecule has 0 radical (unpaired) electrons. The number of hydrazine groups is 1. The van der Waals surface area contributed by atoms with Gasteiger partial charge in [-0.25, -0.2) is 0 Å². The second-order valence-electron chi connectivity index (χ2n) is 3.59. The molecule has 1 aromatic heterocycles. The normalized spacial score (nSPS) is 13.8. The molecule has 1 heterocycles. The Morgan fingerprint density at radius 2 is 2.35 bits per heavy atom. The van der Waals surface area contributed by atoms with Crippen LogP contribution in [0, 0.1) is 0 Å². The summed E-state index contributed by atoms with van der Waals surface area (Å²) in [6, 6.07) is 3.20. The molecular weight excluding hydrogens is 240 g/mol. The molecule has 4 N–H and O–H groups in total. The summed E-state index contributed by atoms with van der Waals surface area (Å²) in [6.45, 7) is 2.16. The Morgan fingerprint density at radius 1 is 1.65 bits per heavy atom. The van der Waals surface area contributed by atoms with Crippen molar-refractivity contribution in [3.8, 4) is 0 Å². The van der Waals surface area contributed by atoms with Gasteiger partial charge in [0.2, 0.25) is 0 Å². The van der Waals surface area contributed by atoms with E-state index in [9.17, 15) is 9.00 Å². The van der Waals surface area contributed by atoms with Crippen molar-refractivity contribution in [1.29, 1.82) is 0 Å². The molecule has 1 amide bonds. The molecule has 0 fully saturated rings. The van der Waals surface area contributed by atoms with Gasteiger partial charge in [-0.15, -0.1) is 0 Å². The molecule has 0 bridgehead atoms. The molecule has 0 spiro atoms. The zero-order chi connectivity index (χ0) is 12.8. The number of pyridine rings is 1. The van der Waals surface area contributed by atoms with E-state index < -0.39 is 10.8 Å². The Balaban J connectivity index is 2.60.